The number of aromatic carboxylic acids is 1. The van der Waals surface area contributed by atoms with Crippen molar-refractivity contribution in [3.8, 4) is 23.8 Å². The lowest BCUT2D eigenvalue weighted by atomic mass is 10.1. The number of nitrogens with zero attached hydrogens (tertiary/aromatic N) is 3. The molecule has 1 aliphatic rings. The van der Waals surface area contributed by atoms with E-state index in [-0.39, 0.29) is 45.7 Å². The van der Waals surface area contributed by atoms with Crippen LogP contribution < -0.4 is 9.47 Å². The van der Waals surface area contributed by atoms with Crippen LogP contribution >= 0.6 is 11.8 Å². The molecule has 1 fully saturated rings. The van der Waals surface area contributed by atoms with Crippen molar-refractivity contribution >= 4 is 46.3 Å². The normalized spacial score (nSPS) is 15.5. The molecule has 1 amide bonds. The average Bonchev–Trinajstić information content (AvgIpc) is 3.05. The summed E-state index contributed by atoms with van der Waals surface area (Å²) in [4.78, 5) is 40.5. The third-order valence-corrected chi connectivity index (χ3v) is 5.49. The van der Waals surface area contributed by atoms with Crippen LogP contribution in [0.15, 0.2) is 46.3 Å². The number of likely N-dealkylation sites (N-methyl/N-ethyl adjacent to an activating group) is 1. The highest BCUT2D eigenvalue weighted by Crippen LogP contribution is 2.40. The van der Waals surface area contributed by atoms with Gasteiger partial charge in [0.15, 0.2) is 16.7 Å². The van der Waals surface area contributed by atoms with Gasteiger partial charge in [0, 0.05) is 18.7 Å². The van der Waals surface area contributed by atoms with Crippen molar-refractivity contribution in [1.29, 1.82) is 0 Å². The van der Waals surface area contributed by atoms with Crippen molar-refractivity contribution in [2.45, 2.75) is 0 Å². The molecular formula is C22H17N3O7S. The number of methoxy groups -OCH3 is 1. The predicted molar refractivity (Wildman–Crippen MR) is 123 cm³/mol. The first-order valence-electron chi connectivity index (χ1n) is 9.27. The lowest BCUT2D eigenvalue weighted by Gasteiger charge is -2.12. The van der Waals surface area contributed by atoms with E-state index in [2.05, 4.69) is 10.9 Å². The zero-order valence-electron chi connectivity index (χ0n) is 17.5. The molecule has 1 aliphatic heterocycles. The molecule has 2 aromatic carbocycles. The number of terminal acetylenes is 1. The van der Waals surface area contributed by atoms with Crippen LogP contribution in [0.2, 0.25) is 0 Å². The molecule has 1 N–H and O–H groups in total. The summed E-state index contributed by atoms with van der Waals surface area (Å²) in [6.45, 7) is -0.107. The van der Waals surface area contributed by atoms with Gasteiger partial charge in [-0.25, -0.2) is 9.79 Å². The van der Waals surface area contributed by atoms with Crippen LogP contribution in [0.5, 0.6) is 11.5 Å². The molecule has 11 heteroatoms. The smallest absolute Gasteiger partial charge is 0.335 e. The SMILES string of the molecule is C#CCOc1c(/C=C2/SC(=Nc3ccc(C(=O)O)cc3)N(C)C2=O)cc([N+](=O)[O-])cc1OC. The Kier molecular flexibility index (Phi) is 7.00. The molecule has 0 atom stereocenters. The molecular weight excluding hydrogens is 450 g/mol. The van der Waals surface area contributed by atoms with Gasteiger partial charge in [-0.15, -0.1) is 6.42 Å². The van der Waals surface area contributed by atoms with Gasteiger partial charge in [-0.2, -0.15) is 0 Å². The van der Waals surface area contributed by atoms with E-state index in [0.29, 0.717) is 10.9 Å². The van der Waals surface area contributed by atoms with Gasteiger partial charge in [-0.3, -0.25) is 19.8 Å². The molecule has 0 bridgehead atoms. The first-order valence-corrected chi connectivity index (χ1v) is 10.1. The van der Waals surface area contributed by atoms with Crippen LogP contribution in [0.4, 0.5) is 11.4 Å². The van der Waals surface area contributed by atoms with Crippen LogP contribution in [0.25, 0.3) is 6.08 Å². The Hall–Kier alpha value is -4.30. The lowest BCUT2D eigenvalue weighted by Crippen LogP contribution is -2.23. The molecule has 1 saturated heterocycles. The number of amidine groups is 1. The maximum Gasteiger partial charge on any atom is 0.335 e. The first kappa shape index (κ1) is 23.4. The summed E-state index contributed by atoms with van der Waals surface area (Å²) < 4.78 is 10.7. The van der Waals surface area contributed by atoms with Gasteiger partial charge in [0.05, 0.1) is 34.3 Å². The number of nitro benzene ring substituents is 1. The largest absolute Gasteiger partial charge is 0.493 e. The third kappa shape index (κ3) is 5.13. The number of carboxylic acids is 1. The summed E-state index contributed by atoms with van der Waals surface area (Å²) in [5.74, 6) is 1.15. The van der Waals surface area contributed by atoms with E-state index in [1.54, 1.807) is 0 Å². The predicted octanol–water partition coefficient (Wildman–Crippen LogP) is 3.55. The topological polar surface area (TPSA) is 132 Å². The van der Waals surface area contributed by atoms with Gasteiger partial charge in [0.1, 0.15) is 6.61 Å². The second kappa shape index (κ2) is 9.88. The van der Waals surface area contributed by atoms with E-state index in [4.69, 9.17) is 21.0 Å². The van der Waals surface area contributed by atoms with Crippen molar-refractivity contribution in [3.05, 3.63) is 62.5 Å². The molecule has 0 unspecified atom stereocenters. The molecule has 168 valence electrons. The number of carboxylic acid groups (broad SMARTS) is 1. The molecule has 0 spiro atoms. The van der Waals surface area contributed by atoms with E-state index in [9.17, 15) is 19.7 Å². The zero-order chi connectivity index (χ0) is 24.1. The van der Waals surface area contributed by atoms with Gasteiger partial charge in [-0.1, -0.05) is 5.92 Å². The summed E-state index contributed by atoms with van der Waals surface area (Å²) in [5, 5.41) is 20.7. The minimum Gasteiger partial charge on any atom is -0.493 e. The van der Waals surface area contributed by atoms with Gasteiger partial charge < -0.3 is 14.6 Å². The van der Waals surface area contributed by atoms with Gasteiger partial charge in [0.25, 0.3) is 11.6 Å². The van der Waals surface area contributed by atoms with Crippen molar-refractivity contribution in [2.24, 2.45) is 4.99 Å². The van der Waals surface area contributed by atoms with E-state index in [0.717, 1.165) is 11.8 Å². The number of rotatable bonds is 7. The van der Waals surface area contributed by atoms with E-state index >= 15 is 0 Å². The standard InChI is InChI=1S/C22H17N3O7S/c1-4-9-32-19-14(10-16(25(29)30)12-17(19)31-3)11-18-20(26)24(2)22(33-18)23-15-7-5-13(6-8-15)21(27)28/h1,5-8,10-12H,9H2,2-3H3,(H,27,28)/b18-11+,23-22?. The Balaban J connectivity index is 2.01. The number of carbonyl (C=O) groups excluding carboxylic acids is 1. The van der Waals surface area contributed by atoms with Gasteiger partial charge in [-0.05, 0) is 42.1 Å². The molecule has 0 aromatic heterocycles. The fourth-order valence-corrected chi connectivity index (χ4v) is 3.80. The van der Waals surface area contributed by atoms with Crippen LogP contribution in [0.1, 0.15) is 15.9 Å². The summed E-state index contributed by atoms with van der Waals surface area (Å²) >= 11 is 1.05. The molecule has 0 aliphatic carbocycles. The monoisotopic (exact) mass is 467 g/mol. The van der Waals surface area contributed by atoms with Crippen LogP contribution in [0.3, 0.4) is 0 Å². The maximum atomic E-state index is 12.8. The third-order valence-electron chi connectivity index (χ3n) is 4.43. The van der Waals surface area contributed by atoms with Crippen molar-refractivity contribution in [1.82, 2.24) is 4.90 Å². The van der Waals surface area contributed by atoms with Crippen LogP contribution in [-0.4, -0.2) is 52.7 Å². The van der Waals surface area contributed by atoms with Gasteiger partial charge in [0.2, 0.25) is 0 Å². The fourth-order valence-electron chi connectivity index (χ4n) is 2.82. The molecule has 1 heterocycles. The number of aliphatic imine (C=N–C) groups is 1. The highest BCUT2D eigenvalue weighted by Gasteiger charge is 2.31. The molecule has 0 saturated carbocycles. The summed E-state index contributed by atoms with van der Waals surface area (Å²) in [7, 11) is 2.87. The summed E-state index contributed by atoms with van der Waals surface area (Å²) in [6, 6.07) is 8.32. The number of nitro groups is 1. The fraction of sp³-hybridized carbons (Fsp3) is 0.136. The number of thioether (sulfide) groups is 1. The first-order chi connectivity index (χ1) is 15.7. The number of carbonyl (C=O) groups is 2. The van der Waals surface area contributed by atoms with Crippen molar-refractivity contribution in [2.75, 3.05) is 20.8 Å². The maximum absolute atomic E-state index is 12.8. The Morgan fingerprint density at radius 1 is 1.36 bits per heavy atom. The average molecular weight is 467 g/mol. The number of hydrogen-bond acceptors (Lipinski definition) is 8. The zero-order valence-corrected chi connectivity index (χ0v) is 18.3. The molecule has 0 radical (unpaired) electrons. The van der Waals surface area contributed by atoms with Crippen molar-refractivity contribution < 1.29 is 29.1 Å². The van der Waals surface area contributed by atoms with Gasteiger partial charge >= 0.3 is 5.97 Å². The number of non-ortho nitro benzene ring substituents is 1. The quantitative estimate of drug-likeness (QED) is 0.283. The van der Waals surface area contributed by atoms with E-state index < -0.39 is 10.9 Å². The lowest BCUT2D eigenvalue weighted by molar-refractivity contribution is -0.385. The second-order valence-electron chi connectivity index (χ2n) is 6.54. The minimum atomic E-state index is -1.06. The number of ether oxygens (including phenoxy) is 2. The number of benzene rings is 2. The number of hydrogen-bond donors (Lipinski definition) is 1. The van der Waals surface area contributed by atoms with Crippen LogP contribution in [0, 0.1) is 22.5 Å². The summed E-state index contributed by atoms with van der Waals surface area (Å²) in [6.07, 6.45) is 6.71. The Bertz CT molecular complexity index is 1230. The Labute approximate surface area is 192 Å². The molecule has 33 heavy (non-hydrogen) atoms. The minimum absolute atomic E-state index is 0.0995. The van der Waals surface area contributed by atoms with Crippen molar-refractivity contribution in [3.63, 3.8) is 0 Å². The summed E-state index contributed by atoms with van der Waals surface area (Å²) in [5.41, 5.74) is 0.566. The van der Waals surface area contributed by atoms with E-state index in [1.807, 2.05) is 0 Å². The Morgan fingerprint density at radius 3 is 2.64 bits per heavy atom. The molecule has 3 rings (SSSR count). The van der Waals surface area contributed by atoms with Crippen LogP contribution in [-0.2, 0) is 4.79 Å². The highest BCUT2D eigenvalue weighted by molar-refractivity contribution is 8.18. The second-order valence-corrected chi connectivity index (χ2v) is 7.55. The number of amides is 1. The Morgan fingerprint density at radius 2 is 2.06 bits per heavy atom. The molecule has 2 aromatic rings. The molecule has 10 nitrogen and oxygen atoms in total. The highest BCUT2D eigenvalue weighted by atomic mass is 32.2. The van der Waals surface area contributed by atoms with E-state index in [1.165, 1.54) is 61.5 Å².